The molecule has 0 radical (unpaired) electrons. The van der Waals surface area contributed by atoms with E-state index in [1.54, 1.807) is 24.3 Å². The molecule has 2 rings (SSSR count). The Kier molecular flexibility index (Phi) is 4.83. The van der Waals surface area contributed by atoms with Gasteiger partial charge in [-0.15, -0.1) is 0 Å². The number of carbonyl (C=O) groups excluding carboxylic acids is 2. The monoisotopic (exact) mass is 316 g/mol. The summed E-state index contributed by atoms with van der Waals surface area (Å²) in [6, 6.07) is 10.6. The molecule has 0 fully saturated rings. The van der Waals surface area contributed by atoms with Crippen LogP contribution in [0.1, 0.15) is 16.7 Å². The van der Waals surface area contributed by atoms with Crippen LogP contribution in [0.2, 0.25) is 5.02 Å². The van der Waals surface area contributed by atoms with Crippen LogP contribution in [0.5, 0.6) is 0 Å². The minimum Gasteiger partial charge on any atom is -0.318 e. The first kappa shape index (κ1) is 16.0. The van der Waals surface area contributed by atoms with Crippen LogP contribution in [-0.4, -0.2) is 11.8 Å². The minimum atomic E-state index is -0.733. The van der Waals surface area contributed by atoms with Gasteiger partial charge in [-0.1, -0.05) is 23.7 Å². The molecule has 2 aromatic rings. The Morgan fingerprint density at radius 1 is 0.818 bits per heavy atom. The van der Waals surface area contributed by atoms with Gasteiger partial charge in [-0.3, -0.25) is 9.59 Å². The maximum absolute atomic E-state index is 12.0. The summed E-state index contributed by atoms with van der Waals surface area (Å²) in [4.78, 5) is 23.9. The fraction of sp³-hybridized carbons (Fsp3) is 0.176. The van der Waals surface area contributed by atoms with Crippen molar-refractivity contribution < 1.29 is 9.59 Å². The van der Waals surface area contributed by atoms with Gasteiger partial charge in [0.05, 0.1) is 0 Å². The first-order valence-electron chi connectivity index (χ1n) is 6.82. The van der Waals surface area contributed by atoms with E-state index >= 15 is 0 Å². The number of hydrogen-bond donors (Lipinski definition) is 2. The van der Waals surface area contributed by atoms with Crippen molar-refractivity contribution in [2.45, 2.75) is 20.8 Å². The van der Waals surface area contributed by atoms with Crippen LogP contribution in [0.3, 0.4) is 0 Å². The number of rotatable bonds is 2. The smallest absolute Gasteiger partial charge is 0.314 e. The van der Waals surface area contributed by atoms with Gasteiger partial charge in [-0.25, -0.2) is 0 Å². The molecule has 2 amide bonds. The van der Waals surface area contributed by atoms with Gasteiger partial charge in [0.2, 0.25) is 0 Å². The number of aryl methyl sites for hydroxylation is 3. The molecule has 0 heterocycles. The average Bonchev–Trinajstić information content (AvgIpc) is 2.46. The summed E-state index contributed by atoms with van der Waals surface area (Å²) in [6.45, 7) is 5.75. The van der Waals surface area contributed by atoms with Crippen LogP contribution in [0.4, 0.5) is 11.4 Å². The number of carbonyl (C=O) groups is 2. The van der Waals surface area contributed by atoms with Crippen molar-refractivity contribution in [1.82, 2.24) is 0 Å². The van der Waals surface area contributed by atoms with E-state index in [0.29, 0.717) is 16.4 Å². The predicted octanol–water partition coefficient (Wildman–Crippen LogP) is 3.84. The quantitative estimate of drug-likeness (QED) is 0.827. The highest BCUT2D eigenvalue weighted by atomic mass is 35.5. The largest absolute Gasteiger partial charge is 0.318 e. The highest BCUT2D eigenvalue weighted by Crippen LogP contribution is 2.20. The lowest BCUT2D eigenvalue weighted by Crippen LogP contribution is -2.29. The molecule has 0 bridgehead atoms. The standard InChI is InChI=1S/C17H17ClN2O2/c1-10-5-7-14(8-12(10)3)19-16(21)17(22)20-15-9-13(18)6-4-11(15)2/h4-9H,1-3H3,(H,19,21)(H,20,22). The molecule has 0 spiro atoms. The molecule has 4 nitrogen and oxygen atoms in total. The lowest BCUT2D eigenvalue weighted by molar-refractivity contribution is -0.133. The van der Waals surface area contributed by atoms with Crippen LogP contribution < -0.4 is 10.6 Å². The second kappa shape index (κ2) is 6.62. The summed E-state index contributed by atoms with van der Waals surface area (Å²) in [7, 11) is 0. The van der Waals surface area contributed by atoms with E-state index in [0.717, 1.165) is 16.7 Å². The lowest BCUT2D eigenvalue weighted by Gasteiger charge is -2.10. The van der Waals surface area contributed by atoms with Gasteiger partial charge in [0, 0.05) is 16.4 Å². The van der Waals surface area contributed by atoms with E-state index < -0.39 is 11.8 Å². The molecular weight excluding hydrogens is 300 g/mol. The molecule has 2 N–H and O–H groups in total. The van der Waals surface area contributed by atoms with Gasteiger partial charge in [0.25, 0.3) is 0 Å². The minimum absolute atomic E-state index is 0.496. The van der Waals surface area contributed by atoms with Gasteiger partial charge < -0.3 is 10.6 Å². The molecule has 0 atom stereocenters. The van der Waals surface area contributed by atoms with Crippen molar-refractivity contribution >= 4 is 34.8 Å². The molecule has 0 aromatic heterocycles. The van der Waals surface area contributed by atoms with Crippen molar-refractivity contribution in [3.63, 3.8) is 0 Å². The molecule has 0 saturated heterocycles. The van der Waals surface area contributed by atoms with Crippen molar-refractivity contribution in [3.05, 3.63) is 58.1 Å². The summed E-state index contributed by atoms with van der Waals surface area (Å²) >= 11 is 5.89. The zero-order chi connectivity index (χ0) is 16.3. The molecule has 2 aromatic carbocycles. The normalized spacial score (nSPS) is 10.2. The van der Waals surface area contributed by atoms with E-state index in [9.17, 15) is 9.59 Å². The first-order chi connectivity index (χ1) is 10.4. The lowest BCUT2D eigenvalue weighted by atomic mass is 10.1. The molecular formula is C17H17ClN2O2. The van der Waals surface area contributed by atoms with Gasteiger partial charge >= 0.3 is 11.8 Å². The fourth-order valence-corrected chi connectivity index (χ4v) is 2.09. The first-order valence-corrected chi connectivity index (χ1v) is 7.20. The highest BCUT2D eigenvalue weighted by molar-refractivity contribution is 6.43. The zero-order valence-corrected chi connectivity index (χ0v) is 13.4. The SMILES string of the molecule is Cc1ccc(NC(=O)C(=O)Nc2cc(Cl)ccc2C)cc1C. The number of hydrogen-bond acceptors (Lipinski definition) is 2. The Hall–Kier alpha value is -2.33. The van der Waals surface area contributed by atoms with E-state index in [4.69, 9.17) is 11.6 Å². The van der Waals surface area contributed by atoms with E-state index in [1.165, 1.54) is 0 Å². The Labute approximate surface area is 134 Å². The van der Waals surface area contributed by atoms with Crippen molar-refractivity contribution in [3.8, 4) is 0 Å². The van der Waals surface area contributed by atoms with Gasteiger partial charge in [0.15, 0.2) is 0 Å². The Balaban J connectivity index is 2.07. The van der Waals surface area contributed by atoms with Crippen LogP contribution in [-0.2, 0) is 9.59 Å². The summed E-state index contributed by atoms with van der Waals surface area (Å²) in [6.07, 6.45) is 0. The Morgan fingerprint density at radius 2 is 1.45 bits per heavy atom. The van der Waals surface area contributed by atoms with E-state index in [1.807, 2.05) is 32.9 Å². The van der Waals surface area contributed by atoms with Crippen molar-refractivity contribution in [1.29, 1.82) is 0 Å². The Bertz CT molecular complexity index is 741. The maximum Gasteiger partial charge on any atom is 0.314 e. The second-order valence-electron chi connectivity index (χ2n) is 5.17. The number of halogens is 1. The van der Waals surface area contributed by atoms with Crippen molar-refractivity contribution in [2.24, 2.45) is 0 Å². The molecule has 114 valence electrons. The highest BCUT2D eigenvalue weighted by Gasteiger charge is 2.15. The molecule has 0 aliphatic rings. The third-order valence-corrected chi connectivity index (χ3v) is 3.65. The van der Waals surface area contributed by atoms with Crippen LogP contribution in [0, 0.1) is 20.8 Å². The number of amides is 2. The van der Waals surface area contributed by atoms with Crippen LogP contribution >= 0.6 is 11.6 Å². The van der Waals surface area contributed by atoms with Gasteiger partial charge in [0.1, 0.15) is 0 Å². The fourth-order valence-electron chi connectivity index (χ4n) is 1.92. The van der Waals surface area contributed by atoms with E-state index in [-0.39, 0.29) is 0 Å². The molecule has 0 unspecified atom stereocenters. The zero-order valence-electron chi connectivity index (χ0n) is 12.7. The number of nitrogens with one attached hydrogen (secondary N) is 2. The summed E-state index contributed by atoms with van der Waals surface area (Å²) in [5, 5.41) is 5.64. The third-order valence-electron chi connectivity index (χ3n) is 3.42. The van der Waals surface area contributed by atoms with Crippen LogP contribution in [0.25, 0.3) is 0 Å². The number of anilines is 2. The molecule has 0 saturated carbocycles. The van der Waals surface area contributed by atoms with E-state index in [2.05, 4.69) is 10.6 Å². The molecule has 22 heavy (non-hydrogen) atoms. The second-order valence-corrected chi connectivity index (χ2v) is 5.60. The van der Waals surface area contributed by atoms with Crippen LogP contribution in [0.15, 0.2) is 36.4 Å². The average molecular weight is 317 g/mol. The topological polar surface area (TPSA) is 58.2 Å². The third kappa shape index (κ3) is 3.86. The maximum atomic E-state index is 12.0. The van der Waals surface area contributed by atoms with Crippen molar-refractivity contribution in [2.75, 3.05) is 10.6 Å². The molecule has 0 aliphatic heterocycles. The van der Waals surface area contributed by atoms with Gasteiger partial charge in [-0.2, -0.15) is 0 Å². The number of benzene rings is 2. The Morgan fingerprint density at radius 3 is 2.14 bits per heavy atom. The molecule has 5 heteroatoms. The van der Waals surface area contributed by atoms with Gasteiger partial charge in [-0.05, 0) is 61.7 Å². The summed E-state index contributed by atoms with van der Waals surface area (Å²) < 4.78 is 0. The molecule has 0 aliphatic carbocycles. The summed E-state index contributed by atoms with van der Waals surface area (Å²) in [5.74, 6) is -1.45. The predicted molar refractivity (Wildman–Crippen MR) is 89.4 cm³/mol. The summed E-state index contributed by atoms with van der Waals surface area (Å²) in [5.41, 5.74) is 4.11.